The summed E-state index contributed by atoms with van der Waals surface area (Å²) in [6, 6.07) is 8.00. The molecule has 4 N–H and O–H groups in total. The largest absolute Gasteiger partial charge is 0.484 e. The van der Waals surface area contributed by atoms with Crippen molar-refractivity contribution in [3.8, 4) is 5.75 Å². The van der Waals surface area contributed by atoms with Crippen LogP contribution in [0.15, 0.2) is 34.9 Å². The van der Waals surface area contributed by atoms with Crippen LogP contribution in [0.25, 0.3) is 0 Å². The van der Waals surface area contributed by atoms with Crippen molar-refractivity contribution in [1.29, 1.82) is 0 Å². The Labute approximate surface area is 133 Å². The van der Waals surface area contributed by atoms with Gasteiger partial charge in [-0.05, 0) is 26.0 Å². The Hall–Kier alpha value is -3.03. The van der Waals surface area contributed by atoms with Gasteiger partial charge in [0.2, 0.25) is 5.91 Å². The SMILES string of the molecule is Cc1cc(NC(=O)[C@@H](C)Nc2cccc(OCC(N)=O)c2)no1. The number of nitrogens with zero attached hydrogens (tertiary/aromatic N) is 1. The minimum atomic E-state index is -0.556. The van der Waals surface area contributed by atoms with Crippen molar-refractivity contribution in [1.82, 2.24) is 5.16 Å². The van der Waals surface area contributed by atoms with E-state index < -0.39 is 11.9 Å². The highest BCUT2D eigenvalue weighted by molar-refractivity contribution is 5.95. The predicted molar refractivity (Wildman–Crippen MR) is 84.1 cm³/mol. The van der Waals surface area contributed by atoms with E-state index in [1.54, 1.807) is 44.2 Å². The van der Waals surface area contributed by atoms with Crippen LogP contribution in [0, 0.1) is 6.92 Å². The molecule has 0 spiro atoms. The number of aromatic nitrogens is 1. The molecule has 0 aliphatic rings. The van der Waals surface area contributed by atoms with Gasteiger partial charge >= 0.3 is 0 Å². The molecule has 0 aliphatic carbocycles. The normalized spacial score (nSPS) is 11.6. The minimum absolute atomic E-state index is 0.203. The van der Waals surface area contributed by atoms with Crippen molar-refractivity contribution in [2.75, 3.05) is 17.2 Å². The van der Waals surface area contributed by atoms with Gasteiger partial charge in [0.15, 0.2) is 12.4 Å². The number of carbonyl (C=O) groups is 2. The molecule has 2 aromatic rings. The number of aryl methyl sites for hydroxylation is 1. The summed E-state index contributed by atoms with van der Waals surface area (Å²) in [7, 11) is 0. The molecule has 1 heterocycles. The number of ether oxygens (including phenoxy) is 1. The summed E-state index contributed by atoms with van der Waals surface area (Å²) in [4.78, 5) is 22.8. The lowest BCUT2D eigenvalue weighted by atomic mass is 10.2. The van der Waals surface area contributed by atoms with Crippen molar-refractivity contribution < 1.29 is 18.8 Å². The Morgan fingerprint density at radius 1 is 1.39 bits per heavy atom. The highest BCUT2D eigenvalue weighted by atomic mass is 16.5. The molecular formula is C15H18N4O4. The lowest BCUT2D eigenvalue weighted by molar-refractivity contribution is -0.120. The molecule has 0 unspecified atom stereocenters. The second-order valence-electron chi connectivity index (χ2n) is 4.96. The first-order valence-electron chi connectivity index (χ1n) is 6.96. The average molecular weight is 318 g/mol. The fourth-order valence-corrected chi connectivity index (χ4v) is 1.81. The van der Waals surface area contributed by atoms with E-state index in [0.29, 0.717) is 23.0 Å². The molecule has 0 bridgehead atoms. The van der Waals surface area contributed by atoms with Crippen LogP contribution in [0.1, 0.15) is 12.7 Å². The third-order valence-corrected chi connectivity index (χ3v) is 2.87. The Balaban J connectivity index is 1.93. The first-order chi connectivity index (χ1) is 10.9. The molecule has 8 nitrogen and oxygen atoms in total. The van der Waals surface area contributed by atoms with Crippen molar-refractivity contribution in [3.63, 3.8) is 0 Å². The van der Waals surface area contributed by atoms with Crippen LogP contribution in [-0.4, -0.2) is 29.6 Å². The number of amides is 2. The zero-order chi connectivity index (χ0) is 16.8. The summed E-state index contributed by atoms with van der Waals surface area (Å²) in [5, 5.41) is 9.37. The van der Waals surface area contributed by atoms with Crippen LogP contribution in [-0.2, 0) is 9.59 Å². The van der Waals surface area contributed by atoms with E-state index >= 15 is 0 Å². The third kappa shape index (κ3) is 5.03. The topological polar surface area (TPSA) is 119 Å². The van der Waals surface area contributed by atoms with E-state index in [4.69, 9.17) is 15.0 Å². The Kier molecular flexibility index (Phi) is 5.19. The standard InChI is InChI=1S/C15H18N4O4/c1-9-6-14(19-23-9)18-15(21)10(2)17-11-4-3-5-12(7-11)22-8-13(16)20/h3-7,10,17H,8H2,1-2H3,(H2,16,20)(H,18,19,21)/t10-/m1/s1. The van der Waals surface area contributed by atoms with Gasteiger partial charge in [-0.1, -0.05) is 11.2 Å². The molecule has 23 heavy (non-hydrogen) atoms. The Morgan fingerprint density at radius 2 is 2.17 bits per heavy atom. The van der Waals surface area contributed by atoms with Gasteiger partial charge in [0.05, 0.1) is 0 Å². The van der Waals surface area contributed by atoms with Gasteiger partial charge in [0.1, 0.15) is 17.6 Å². The van der Waals surface area contributed by atoms with Crippen molar-refractivity contribution in [2.24, 2.45) is 5.73 Å². The molecule has 0 fully saturated rings. The predicted octanol–water partition coefficient (Wildman–Crippen LogP) is 1.29. The van der Waals surface area contributed by atoms with Crippen molar-refractivity contribution in [3.05, 3.63) is 36.1 Å². The number of rotatable bonds is 7. The summed E-state index contributed by atoms with van der Waals surface area (Å²) in [6.07, 6.45) is 0. The number of benzene rings is 1. The van der Waals surface area contributed by atoms with E-state index in [0.717, 1.165) is 0 Å². The van der Waals surface area contributed by atoms with Crippen LogP contribution in [0.5, 0.6) is 5.75 Å². The van der Waals surface area contributed by atoms with Gasteiger partial charge < -0.3 is 25.6 Å². The molecule has 2 rings (SSSR count). The van der Waals surface area contributed by atoms with Gasteiger partial charge in [0.25, 0.3) is 5.91 Å². The van der Waals surface area contributed by atoms with E-state index in [-0.39, 0.29) is 12.5 Å². The molecule has 8 heteroatoms. The van der Waals surface area contributed by atoms with Gasteiger partial charge in [-0.2, -0.15) is 0 Å². The van der Waals surface area contributed by atoms with Gasteiger partial charge in [-0.15, -0.1) is 0 Å². The number of hydrogen-bond acceptors (Lipinski definition) is 6. The van der Waals surface area contributed by atoms with E-state index in [2.05, 4.69) is 15.8 Å². The first kappa shape index (κ1) is 16.3. The molecule has 1 atom stereocenters. The van der Waals surface area contributed by atoms with Gasteiger partial charge in [-0.25, -0.2) is 0 Å². The minimum Gasteiger partial charge on any atom is -0.484 e. The Morgan fingerprint density at radius 3 is 2.83 bits per heavy atom. The van der Waals surface area contributed by atoms with E-state index in [9.17, 15) is 9.59 Å². The lowest BCUT2D eigenvalue weighted by Gasteiger charge is -2.15. The molecule has 0 saturated heterocycles. The average Bonchev–Trinajstić information content (AvgIpc) is 2.90. The molecule has 2 amide bonds. The van der Waals surface area contributed by atoms with Crippen LogP contribution in [0.2, 0.25) is 0 Å². The molecule has 0 saturated carbocycles. The van der Waals surface area contributed by atoms with Gasteiger partial charge in [-0.3, -0.25) is 9.59 Å². The summed E-state index contributed by atoms with van der Waals surface area (Å²) >= 11 is 0. The van der Waals surface area contributed by atoms with Gasteiger partial charge in [0, 0.05) is 17.8 Å². The summed E-state index contributed by atoms with van der Waals surface area (Å²) < 4.78 is 10.1. The molecule has 0 radical (unpaired) electrons. The van der Waals surface area contributed by atoms with Crippen molar-refractivity contribution in [2.45, 2.75) is 19.9 Å². The number of anilines is 2. The Bertz CT molecular complexity index is 698. The quantitative estimate of drug-likeness (QED) is 0.707. The fourth-order valence-electron chi connectivity index (χ4n) is 1.81. The molecule has 122 valence electrons. The molecule has 1 aromatic carbocycles. The number of nitrogens with two attached hydrogens (primary N) is 1. The van der Waals surface area contributed by atoms with E-state index in [1.165, 1.54) is 0 Å². The number of nitrogens with one attached hydrogen (secondary N) is 2. The zero-order valence-corrected chi connectivity index (χ0v) is 12.8. The highest BCUT2D eigenvalue weighted by Crippen LogP contribution is 2.18. The molecule has 0 aliphatic heterocycles. The van der Waals surface area contributed by atoms with E-state index in [1.807, 2.05) is 0 Å². The maximum Gasteiger partial charge on any atom is 0.255 e. The summed E-state index contributed by atoms with van der Waals surface area (Å²) in [5.41, 5.74) is 5.70. The monoisotopic (exact) mass is 318 g/mol. The molecular weight excluding hydrogens is 300 g/mol. The third-order valence-electron chi connectivity index (χ3n) is 2.87. The summed E-state index contributed by atoms with van der Waals surface area (Å²) in [6.45, 7) is 3.24. The second-order valence-corrected chi connectivity index (χ2v) is 4.96. The maximum atomic E-state index is 12.1. The maximum absolute atomic E-state index is 12.1. The molecule has 1 aromatic heterocycles. The second kappa shape index (κ2) is 7.30. The number of hydrogen-bond donors (Lipinski definition) is 3. The van der Waals surface area contributed by atoms with Crippen LogP contribution >= 0.6 is 0 Å². The summed E-state index contributed by atoms with van der Waals surface area (Å²) in [5.74, 6) is 0.634. The fraction of sp³-hybridized carbons (Fsp3) is 0.267. The van der Waals surface area contributed by atoms with Crippen molar-refractivity contribution >= 4 is 23.3 Å². The van der Waals surface area contributed by atoms with Crippen LogP contribution in [0.3, 0.4) is 0 Å². The lowest BCUT2D eigenvalue weighted by Crippen LogP contribution is -2.32. The highest BCUT2D eigenvalue weighted by Gasteiger charge is 2.14. The smallest absolute Gasteiger partial charge is 0.255 e. The van der Waals surface area contributed by atoms with Crippen LogP contribution in [0.4, 0.5) is 11.5 Å². The first-order valence-corrected chi connectivity index (χ1v) is 6.96. The zero-order valence-electron chi connectivity index (χ0n) is 12.8. The number of carbonyl (C=O) groups excluding carboxylic acids is 2. The number of primary amides is 1. The van der Waals surface area contributed by atoms with Crippen LogP contribution < -0.4 is 21.1 Å².